The number of amides is 1. The van der Waals surface area contributed by atoms with Gasteiger partial charge in [-0.05, 0) is 64.1 Å². The molecule has 0 aliphatic carbocycles. The molecule has 0 aliphatic rings. The average molecular weight is 430 g/mol. The highest BCUT2D eigenvalue weighted by Gasteiger charge is 2.19. The van der Waals surface area contributed by atoms with E-state index in [1.54, 1.807) is 6.07 Å². The van der Waals surface area contributed by atoms with Crippen molar-refractivity contribution in [1.82, 2.24) is 0 Å². The summed E-state index contributed by atoms with van der Waals surface area (Å²) in [6.45, 7) is 17.0. The number of phenolic OH excluding ortho intramolecular Hbond substituents is 1. The molecule has 0 unspecified atom stereocenters. The zero-order valence-electron chi connectivity index (χ0n) is 19.6. The monoisotopic (exact) mass is 429 g/mol. The van der Waals surface area contributed by atoms with Crippen molar-refractivity contribution in [3.63, 3.8) is 0 Å². The van der Waals surface area contributed by atoms with Crippen LogP contribution < -0.4 is 5.32 Å². The minimum atomic E-state index is -0.185. The van der Waals surface area contributed by atoms with Crippen LogP contribution in [-0.2, 0) is 11.2 Å². The Bertz CT molecular complexity index is 884. The van der Waals surface area contributed by atoms with Crippen molar-refractivity contribution >= 4 is 23.2 Å². The van der Waals surface area contributed by atoms with Crippen LogP contribution in [0.2, 0.25) is 5.02 Å². The number of hydrogen-bond donors (Lipinski definition) is 2. The molecule has 4 heteroatoms. The quantitative estimate of drug-likeness (QED) is 0.445. The van der Waals surface area contributed by atoms with E-state index in [0.29, 0.717) is 29.9 Å². The third-order valence-electron chi connectivity index (χ3n) is 5.54. The number of phenols is 1. The van der Waals surface area contributed by atoms with Crippen molar-refractivity contribution < 1.29 is 9.90 Å². The second-order valence-electron chi connectivity index (χ2n) is 9.44. The van der Waals surface area contributed by atoms with Gasteiger partial charge >= 0.3 is 0 Å². The molecule has 0 bridgehead atoms. The Morgan fingerprint density at radius 3 is 1.87 bits per heavy atom. The first-order valence-corrected chi connectivity index (χ1v) is 11.3. The number of halogens is 1. The first kappa shape index (κ1) is 24.3. The summed E-state index contributed by atoms with van der Waals surface area (Å²) in [4.78, 5) is 12.2. The van der Waals surface area contributed by atoms with Crippen molar-refractivity contribution in [2.45, 2.75) is 79.6 Å². The number of carbonyl (C=O) groups excluding carboxylic acids is 1. The van der Waals surface area contributed by atoms with Gasteiger partial charge in [0.25, 0.3) is 0 Å². The summed E-state index contributed by atoms with van der Waals surface area (Å²) in [5.74, 6) is 0.835. The predicted molar refractivity (Wildman–Crippen MR) is 128 cm³/mol. The molecule has 1 amide bonds. The summed E-state index contributed by atoms with van der Waals surface area (Å²) >= 11 is 6.32. The fraction of sp³-hybridized carbons (Fsp3) is 0.500. The van der Waals surface area contributed by atoms with Gasteiger partial charge in [-0.1, -0.05) is 79.1 Å². The van der Waals surface area contributed by atoms with Gasteiger partial charge in [-0.25, -0.2) is 0 Å². The SMILES string of the molecule is CC(C)C(=O)Nc1cc(Cc2c(C(C)C)cc(C(C)C)cc2C(C)C)cc(Cl)c1O. The Morgan fingerprint density at radius 2 is 1.43 bits per heavy atom. The lowest BCUT2D eigenvalue weighted by molar-refractivity contribution is -0.118. The van der Waals surface area contributed by atoms with Gasteiger partial charge in [-0.2, -0.15) is 0 Å². The second kappa shape index (κ2) is 9.87. The van der Waals surface area contributed by atoms with Crippen molar-refractivity contribution in [3.8, 4) is 5.75 Å². The van der Waals surface area contributed by atoms with E-state index in [-0.39, 0.29) is 22.6 Å². The highest BCUT2D eigenvalue weighted by molar-refractivity contribution is 6.32. The molecule has 2 N–H and O–H groups in total. The van der Waals surface area contributed by atoms with E-state index in [2.05, 4.69) is 59.0 Å². The van der Waals surface area contributed by atoms with E-state index < -0.39 is 0 Å². The first-order chi connectivity index (χ1) is 13.9. The van der Waals surface area contributed by atoms with Gasteiger partial charge in [-0.3, -0.25) is 4.79 Å². The van der Waals surface area contributed by atoms with Crippen LogP contribution in [0.15, 0.2) is 24.3 Å². The Labute approximate surface area is 186 Å². The normalized spacial score (nSPS) is 11.8. The van der Waals surface area contributed by atoms with Crippen LogP contribution >= 0.6 is 11.6 Å². The molecule has 0 saturated carbocycles. The smallest absolute Gasteiger partial charge is 0.227 e. The Morgan fingerprint density at radius 1 is 0.900 bits per heavy atom. The van der Waals surface area contributed by atoms with Gasteiger partial charge in [0.1, 0.15) is 0 Å². The van der Waals surface area contributed by atoms with Gasteiger partial charge in [-0.15, -0.1) is 0 Å². The second-order valence-corrected chi connectivity index (χ2v) is 9.84. The molecule has 0 fully saturated rings. The van der Waals surface area contributed by atoms with E-state index in [1.807, 2.05) is 19.9 Å². The molecule has 164 valence electrons. The molecule has 0 saturated heterocycles. The Kier molecular flexibility index (Phi) is 7.99. The molecule has 0 spiro atoms. The molecule has 3 nitrogen and oxygen atoms in total. The number of anilines is 1. The fourth-order valence-electron chi connectivity index (χ4n) is 3.64. The first-order valence-electron chi connectivity index (χ1n) is 10.9. The minimum Gasteiger partial charge on any atom is -0.504 e. The van der Waals surface area contributed by atoms with Gasteiger partial charge < -0.3 is 10.4 Å². The van der Waals surface area contributed by atoms with Crippen molar-refractivity contribution in [3.05, 3.63) is 57.1 Å². The van der Waals surface area contributed by atoms with Crippen LogP contribution in [-0.4, -0.2) is 11.0 Å². The maximum absolute atomic E-state index is 12.2. The molecule has 0 radical (unpaired) electrons. The number of nitrogens with one attached hydrogen (secondary N) is 1. The molecule has 2 rings (SSSR count). The molecule has 30 heavy (non-hydrogen) atoms. The minimum absolute atomic E-state index is 0.0854. The van der Waals surface area contributed by atoms with Crippen molar-refractivity contribution in [1.29, 1.82) is 0 Å². The number of rotatable bonds is 7. The zero-order chi connectivity index (χ0) is 22.7. The van der Waals surface area contributed by atoms with E-state index in [0.717, 1.165) is 5.56 Å². The van der Waals surface area contributed by atoms with Crippen LogP contribution in [0.5, 0.6) is 5.75 Å². The third kappa shape index (κ3) is 5.57. The summed E-state index contributed by atoms with van der Waals surface area (Å²) in [6, 6.07) is 8.30. The Balaban J connectivity index is 2.58. The molecular weight excluding hydrogens is 394 g/mol. The molecule has 0 heterocycles. The molecular formula is C26H36ClNO2. The number of carbonyl (C=O) groups is 1. The largest absolute Gasteiger partial charge is 0.504 e. The lowest BCUT2D eigenvalue weighted by atomic mass is 9.82. The van der Waals surface area contributed by atoms with Crippen LogP contribution in [0.25, 0.3) is 0 Å². The van der Waals surface area contributed by atoms with E-state index in [4.69, 9.17) is 11.6 Å². The molecule has 2 aromatic rings. The van der Waals surface area contributed by atoms with Crippen LogP contribution in [0, 0.1) is 5.92 Å². The highest BCUT2D eigenvalue weighted by atomic mass is 35.5. The number of benzene rings is 2. The molecule has 2 aromatic carbocycles. The summed E-state index contributed by atoms with van der Waals surface area (Å²) in [5.41, 5.74) is 6.71. The molecule has 0 atom stereocenters. The van der Waals surface area contributed by atoms with Gasteiger partial charge in [0.2, 0.25) is 5.91 Å². The Hall–Kier alpha value is -2.00. The summed E-state index contributed by atoms with van der Waals surface area (Å²) < 4.78 is 0. The fourth-order valence-corrected chi connectivity index (χ4v) is 3.89. The molecule has 0 aromatic heterocycles. The topological polar surface area (TPSA) is 49.3 Å². The van der Waals surface area contributed by atoms with Crippen LogP contribution in [0.4, 0.5) is 5.69 Å². The lowest BCUT2D eigenvalue weighted by Crippen LogP contribution is -2.18. The van der Waals surface area contributed by atoms with Crippen molar-refractivity contribution in [2.24, 2.45) is 5.92 Å². The maximum atomic E-state index is 12.2. The summed E-state index contributed by atoms with van der Waals surface area (Å²) in [6.07, 6.45) is 0.698. The van der Waals surface area contributed by atoms with Gasteiger partial charge in [0.15, 0.2) is 5.75 Å². The zero-order valence-corrected chi connectivity index (χ0v) is 20.3. The predicted octanol–water partition coefficient (Wildman–Crippen LogP) is 7.60. The third-order valence-corrected chi connectivity index (χ3v) is 5.83. The number of hydrogen-bond acceptors (Lipinski definition) is 2. The molecule has 0 aliphatic heterocycles. The average Bonchev–Trinajstić information content (AvgIpc) is 2.64. The van der Waals surface area contributed by atoms with E-state index in [9.17, 15) is 9.90 Å². The van der Waals surface area contributed by atoms with Crippen molar-refractivity contribution in [2.75, 3.05) is 5.32 Å². The van der Waals surface area contributed by atoms with E-state index in [1.165, 1.54) is 22.3 Å². The van der Waals surface area contributed by atoms with Crippen LogP contribution in [0.1, 0.15) is 101 Å². The van der Waals surface area contributed by atoms with Gasteiger partial charge in [0, 0.05) is 5.92 Å². The van der Waals surface area contributed by atoms with Gasteiger partial charge in [0.05, 0.1) is 10.7 Å². The van der Waals surface area contributed by atoms with E-state index >= 15 is 0 Å². The standard InChI is InChI=1S/C26H36ClNO2/c1-14(2)19-12-20(15(3)4)22(21(13-19)16(5)6)9-18-10-23(27)25(29)24(11-18)28-26(30)17(7)8/h10-17,29H,9H2,1-8H3,(H,28,30). The highest BCUT2D eigenvalue weighted by Crippen LogP contribution is 2.37. The number of aromatic hydroxyl groups is 1. The lowest BCUT2D eigenvalue weighted by Gasteiger charge is -2.23. The summed E-state index contributed by atoms with van der Waals surface area (Å²) in [7, 11) is 0. The maximum Gasteiger partial charge on any atom is 0.227 e. The van der Waals surface area contributed by atoms with Crippen LogP contribution in [0.3, 0.4) is 0 Å². The summed E-state index contributed by atoms with van der Waals surface area (Å²) in [5, 5.41) is 13.4.